The van der Waals surface area contributed by atoms with Crippen LogP contribution in [-0.4, -0.2) is 35.2 Å². The molecule has 10 atom stereocenters. The summed E-state index contributed by atoms with van der Waals surface area (Å²) in [6.45, 7) is 4.91. The van der Waals surface area contributed by atoms with E-state index in [4.69, 9.17) is 4.74 Å². The van der Waals surface area contributed by atoms with Crippen molar-refractivity contribution in [2.24, 2.45) is 23.7 Å². The molecule has 2 saturated heterocycles. The Morgan fingerprint density at radius 2 is 1.44 bits per heavy atom. The lowest BCUT2D eigenvalue weighted by Gasteiger charge is -2.68. The number of hydrogen-bond donors (Lipinski definition) is 0. The zero-order chi connectivity index (χ0) is 25.9. The number of nitrogens with zero attached hydrogens (tertiary/aromatic N) is 1. The summed E-state index contributed by atoms with van der Waals surface area (Å²) in [5.41, 5.74) is 8.07. The Labute approximate surface area is 235 Å². The predicted molar refractivity (Wildman–Crippen MR) is 158 cm³/mol. The second-order valence-corrected chi connectivity index (χ2v) is 15.1. The molecule has 39 heavy (non-hydrogen) atoms. The predicted octanol–water partition coefficient (Wildman–Crippen LogP) is 8.47. The standard InChI is InChI=1S/C37H47NO/c1-37(2)28-15-4-3-10-27(28)34-23(13-8-16-29(34)37)22-20-21-31-35-24(22)11-7-12-25(35)26-14-9-19-33-36(26)38(31)30-17-5-6-18-32(30)39-33/h3-4,8,10,13,15-16,22,24-26,30-33,35-36H,5-7,9,11-12,14,17-21H2,1-2H3. The first-order valence-electron chi connectivity index (χ1n) is 16.8. The average molecular weight is 522 g/mol. The zero-order valence-electron chi connectivity index (χ0n) is 24.2. The van der Waals surface area contributed by atoms with E-state index in [0.29, 0.717) is 18.2 Å². The summed E-state index contributed by atoms with van der Waals surface area (Å²) in [5.74, 6) is 4.31. The van der Waals surface area contributed by atoms with Crippen LogP contribution in [0.2, 0.25) is 0 Å². The molecule has 0 amide bonds. The largest absolute Gasteiger partial charge is 0.372 e. The fourth-order valence-electron chi connectivity index (χ4n) is 12.1. The molecule has 7 aliphatic rings. The molecular formula is C37H47NO. The van der Waals surface area contributed by atoms with Crippen LogP contribution in [0.5, 0.6) is 0 Å². The molecule has 5 aliphatic carbocycles. The van der Waals surface area contributed by atoms with Gasteiger partial charge in [-0.2, -0.15) is 0 Å². The molecule has 10 unspecified atom stereocenters. The minimum atomic E-state index is 0.104. The van der Waals surface area contributed by atoms with Crippen LogP contribution in [0.4, 0.5) is 0 Å². The van der Waals surface area contributed by atoms with Crippen LogP contribution in [-0.2, 0) is 10.2 Å². The molecule has 2 aromatic carbocycles. The third kappa shape index (κ3) is 3.23. The maximum Gasteiger partial charge on any atom is 0.0737 e. The third-order valence-electron chi connectivity index (χ3n) is 13.4. The first-order chi connectivity index (χ1) is 19.1. The van der Waals surface area contributed by atoms with Gasteiger partial charge in [-0.25, -0.2) is 0 Å². The number of benzene rings is 2. The molecular weight excluding hydrogens is 474 g/mol. The molecule has 2 nitrogen and oxygen atoms in total. The molecule has 0 aromatic heterocycles. The Morgan fingerprint density at radius 1 is 0.667 bits per heavy atom. The molecule has 2 aliphatic heterocycles. The fourth-order valence-corrected chi connectivity index (χ4v) is 12.1. The first-order valence-corrected chi connectivity index (χ1v) is 16.8. The number of piperidine rings is 1. The Morgan fingerprint density at radius 3 is 2.38 bits per heavy atom. The zero-order valence-corrected chi connectivity index (χ0v) is 24.2. The highest BCUT2D eigenvalue weighted by atomic mass is 16.5. The van der Waals surface area contributed by atoms with E-state index in [1.807, 2.05) is 0 Å². The van der Waals surface area contributed by atoms with Crippen molar-refractivity contribution in [3.8, 4) is 11.1 Å². The lowest BCUT2D eigenvalue weighted by atomic mass is 9.50. The van der Waals surface area contributed by atoms with Crippen molar-refractivity contribution in [2.75, 3.05) is 0 Å². The second kappa shape index (κ2) is 8.68. The van der Waals surface area contributed by atoms with E-state index < -0.39 is 0 Å². The normalized spacial score (nSPS) is 43.4. The van der Waals surface area contributed by atoms with E-state index in [1.165, 1.54) is 88.2 Å². The molecule has 2 heterocycles. The number of fused-ring (bicyclic) bond motifs is 7. The molecule has 206 valence electrons. The molecule has 2 aromatic rings. The van der Waals surface area contributed by atoms with E-state index in [1.54, 1.807) is 16.7 Å². The van der Waals surface area contributed by atoms with Crippen molar-refractivity contribution in [2.45, 2.75) is 133 Å². The van der Waals surface area contributed by atoms with Crippen molar-refractivity contribution in [1.29, 1.82) is 0 Å². The second-order valence-electron chi connectivity index (χ2n) is 15.1. The number of rotatable bonds is 1. The Bertz CT molecular complexity index is 1280. The van der Waals surface area contributed by atoms with Gasteiger partial charge in [-0.15, -0.1) is 0 Å². The summed E-state index contributed by atoms with van der Waals surface area (Å²) in [4.78, 5) is 3.21. The number of morpholine rings is 1. The highest BCUT2D eigenvalue weighted by molar-refractivity contribution is 5.83. The van der Waals surface area contributed by atoms with E-state index >= 15 is 0 Å². The van der Waals surface area contributed by atoms with E-state index in [2.05, 4.69) is 61.2 Å². The minimum Gasteiger partial charge on any atom is -0.372 e. The summed E-state index contributed by atoms with van der Waals surface area (Å²) in [5, 5.41) is 0. The van der Waals surface area contributed by atoms with Gasteiger partial charge in [-0.05, 0) is 109 Å². The van der Waals surface area contributed by atoms with Crippen LogP contribution in [0.1, 0.15) is 114 Å². The maximum absolute atomic E-state index is 7.00. The maximum atomic E-state index is 7.00. The molecule has 9 rings (SSSR count). The van der Waals surface area contributed by atoms with Crippen LogP contribution in [0.3, 0.4) is 0 Å². The highest BCUT2D eigenvalue weighted by Gasteiger charge is 2.61. The van der Waals surface area contributed by atoms with Gasteiger partial charge in [0.25, 0.3) is 0 Å². The summed E-state index contributed by atoms with van der Waals surface area (Å²) in [7, 11) is 0. The van der Waals surface area contributed by atoms with E-state index in [-0.39, 0.29) is 5.41 Å². The van der Waals surface area contributed by atoms with Crippen LogP contribution in [0, 0.1) is 23.7 Å². The summed E-state index contributed by atoms with van der Waals surface area (Å²) in [6, 6.07) is 19.0. The molecule has 0 bridgehead atoms. The highest BCUT2D eigenvalue weighted by Crippen LogP contribution is 2.62. The van der Waals surface area contributed by atoms with E-state index in [9.17, 15) is 0 Å². The van der Waals surface area contributed by atoms with Crippen molar-refractivity contribution in [1.82, 2.24) is 4.90 Å². The molecule has 4 saturated carbocycles. The topological polar surface area (TPSA) is 12.5 Å². The van der Waals surface area contributed by atoms with Gasteiger partial charge in [0.05, 0.1) is 12.2 Å². The Balaban J connectivity index is 1.14. The van der Waals surface area contributed by atoms with Crippen molar-refractivity contribution < 1.29 is 4.74 Å². The fraction of sp³-hybridized carbons (Fsp3) is 0.676. The lowest BCUT2D eigenvalue weighted by molar-refractivity contribution is -0.248. The quantitative estimate of drug-likeness (QED) is 0.373. The SMILES string of the molecule is CC1(C)c2ccccc2-c2c(C3CCC4C5C3CCCC5C3CCCC5OC6CCCCC6N4C53)cccc21. The van der Waals surface area contributed by atoms with Gasteiger partial charge >= 0.3 is 0 Å². The van der Waals surface area contributed by atoms with Crippen LogP contribution in [0.15, 0.2) is 42.5 Å². The average Bonchev–Trinajstić information content (AvgIpc) is 3.21. The first kappa shape index (κ1) is 24.0. The van der Waals surface area contributed by atoms with Crippen LogP contribution < -0.4 is 0 Å². The van der Waals surface area contributed by atoms with Gasteiger partial charge in [0.2, 0.25) is 0 Å². The van der Waals surface area contributed by atoms with E-state index in [0.717, 1.165) is 41.7 Å². The van der Waals surface area contributed by atoms with Crippen molar-refractivity contribution in [3.05, 3.63) is 59.2 Å². The Hall–Kier alpha value is -1.64. The van der Waals surface area contributed by atoms with Crippen LogP contribution >= 0.6 is 0 Å². The molecule has 0 spiro atoms. The monoisotopic (exact) mass is 521 g/mol. The number of ether oxygens (including phenoxy) is 1. The van der Waals surface area contributed by atoms with Gasteiger partial charge < -0.3 is 4.74 Å². The lowest BCUT2D eigenvalue weighted by Crippen LogP contribution is -2.74. The number of hydrogen-bond acceptors (Lipinski definition) is 2. The van der Waals surface area contributed by atoms with Gasteiger partial charge in [0.1, 0.15) is 0 Å². The van der Waals surface area contributed by atoms with Gasteiger partial charge in [0, 0.05) is 23.5 Å². The third-order valence-corrected chi connectivity index (χ3v) is 13.4. The molecule has 0 radical (unpaired) electrons. The summed E-state index contributed by atoms with van der Waals surface area (Å²) < 4.78 is 7.00. The Kier molecular flexibility index (Phi) is 5.34. The van der Waals surface area contributed by atoms with Crippen molar-refractivity contribution in [3.63, 3.8) is 0 Å². The molecule has 6 fully saturated rings. The van der Waals surface area contributed by atoms with Gasteiger partial charge in [0.15, 0.2) is 0 Å². The van der Waals surface area contributed by atoms with Gasteiger partial charge in [-0.1, -0.05) is 82.0 Å². The van der Waals surface area contributed by atoms with Gasteiger partial charge in [-0.3, -0.25) is 4.90 Å². The minimum absolute atomic E-state index is 0.104. The summed E-state index contributed by atoms with van der Waals surface area (Å²) >= 11 is 0. The summed E-state index contributed by atoms with van der Waals surface area (Å²) in [6.07, 6.45) is 17.9. The van der Waals surface area contributed by atoms with Crippen molar-refractivity contribution >= 4 is 0 Å². The smallest absolute Gasteiger partial charge is 0.0737 e. The molecule has 2 heteroatoms. The van der Waals surface area contributed by atoms with Crippen LogP contribution in [0.25, 0.3) is 11.1 Å². The molecule has 0 N–H and O–H groups in total.